The largest absolute Gasteiger partial charge is 0.324 e. The van der Waals surface area contributed by atoms with E-state index in [9.17, 15) is 0 Å². The molecule has 0 saturated heterocycles. The highest BCUT2D eigenvalue weighted by molar-refractivity contribution is 7.80. The van der Waals surface area contributed by atoms with Gasteiger partial charge in [-0.15, -0.1) is 0 Å². The minimum absolute atomic E-state index is 0.823. The monoisotopic (exact) mass is 166 g/mol. The fourth-order valence-corrected chi connectivity index (χ4v) is 0.807. The van der Waals surface area contributed by atoms with Crippen LogP contribution in [0.3, 0.4) is 0 Å². The van der Waals surface area contributed by atoms with Crippen molar-refractivity contribution in [3.8, 4) is 0 Å². The molecule has 0 aromatic carbocycles. The molecule has 0 unspecified atom stereocenters. The molecule has 1 aromatic rings. The van der Waals surface area contributed by atoms with E-state index in [1.807, 2.05) is 37.1 Å². The number of nitrogens with zero attached hydrogens (tertiary/aromatic N) is 2. The van der Waals surface area contributed by atoms with Crippen molar-refractivity contribution in [1.82, 2.24) is 4.98 Å². The highest BCUT2D eigenvalue weighted by Gasteiger charge is 2.00. The van der Waals surface area contributed by atoms with Gasteiger partial charge in [0.15, 0.2) is 0 Å². The maximum absolute atomic E-state index is 4.99. The van der Waals surface area contributed by atoms with Crippen molar-refractivity contribution in [2.24, 2.45) is 0 Å². The van der Waals surface area contributed by atoms with Gasteiger partial charge < -0.3 is 4.90 Å². The summed E-state index contributed by atoms with van der Waals surface area (Å²) in [6.07, 6.45) is 1.75. The number of anilines is 1. The van der Waals surface area contributed by atoms with Crippen molar-refractivity contribution in [2.75, 3.05) is 11.9 Å². The average molecular weight is 166 g/mol. The lowest BCUT2D eigenvalue weighted by Gasteiger charge is -2.15. The molecule has 1 heterocycles. The van der Waals surface area contributed by atoms with Crippen LogP contribution in [0.5, 0.6) is 0 Å². The van der Waals surface area contributed by atoms with Crippen molar-refractivity contribution < 1.29 is 0 Å². The highest BCUT2D eigenvalue weighted by atomic mass is 32.1. The van der Waals surface area contributed by atoms with Crippen LogP contribution in [0.1, 0.15) is 6.92 Å². The van der Waals surface area contributed by atoms with Gasteiger partial charge in [0.2, 0.25) is 0 Å². The number of aromatic nitrogens is 1. The average Bonchev–Trinajstić information content (AvgIpc) is 2.05. The first-order valence-corrected chi connectivity index (χ1v) is 3.78. The molecule has 0 aliphatic rings. The topological polar surface area (TPSA) is 16.1 Å². The van der Waals surface area contributed by atoms with E-state index in [2.05, 4.69) is 4.98 Å². The van der Waals surface area contributed by atoms with E-state index in [1.54, 1.807) is 6.20 Å². The zero-order valence-corrected chi connectivity index (χ0v) is 7.43. The first-order chi connectivity index (χ1) is 5.22. The number of hydrogen-bond acceptors (Lipinski definition) is 2. The Morgan fingerprint density at radius 2 is 2.27 bits per heavy atom. The van der Waals surface area contributed by atoms with E-state index >= 15 is 0 Å². The van der Waals surface area contributed by atoms with Crippen LogP contribution in [0.4, 0.5) is 5.82 Å². The van der Waals surface area contributed by atoms with Crippen LogP contribution in [-0.2, 0) is 0 Å². The predicted octanol–water partition coefficient (Wildman–Crippen LogP) is 1.87. The van der Waals surface area contributed by atoms with Crippen LogP contribution in [-0.4, -0.2) is 17.0 Å². The lowest BCUT2D eigenvalue weighted by Crippen LogP contribution is -2.21. The molecule has 0 fully saturated rings. The van der Waals surface area contributed by atoms with E-state index in [4.69, 9.17) is 12.2 Å². The molecule has 3 heteroatoms. The van der Waals surface area contributed by atoms with Crippen LogP contribution in [0.15, 0.2) is 24.4 Å². The van der Waals surface area contributed by atoms with Crippen LogP contribution >= 0.6 is 12.2 Å². The molecule has 0 aliphatic heterocycles. The van der Waals surface area contributed by atoms with E-state index < -0.39 is 0 Å². The molecule has 0 radical (unpaired) electrons. The Morgan fingerprint density at radius 3 is 2.73 bits per heavy atom. The van der Waals surface area contributed by atoms with Crippen LogP contribution in [0.25, 0.3) is 0 Å². The molecular weight excluding hydrogens is 156 g/mol. The Balaban J connectivity index is 2.85. The normalized spacial score (nSPS) is 9.27. The highest BCUT2D eigenvalue weighted by Crippen LogP contribution is 2.06. The van der Waals surface area contributed by atoms with Gasteiger partial charge in [-0.05, 0) is 19.1 Å². The maximum atomic E-state index is 4.99. The summed E-state index contributed by atoms with van der Waals surface area (Å²) in [5.74, 6) is 0.889. The summed E-state index contributed by atoms with van der Waals surface area (Å²) in [4.78, 5) is 6.83. The third kappa shape index (κ3) is 1.98. The molecule has 0 amide bonds. The van der Waals surface area contributed by atoms with Gasteiger partial charge in [0.05, 0.1) is 4.99 Å². The second-order valence-electron chi connectivity index (χ2n) is 2.27. The van der Waals surface area contributed by atoms with Crippen molar-refractivity contribution in [3.05, 3.63) is 24.4 Å². The minimum atomic E-state index is 0.823. The number of rotatable bonds is 1. The van der Waals surface area contributed by atoms with Crippen LogP contribution < -0.4 is 4.90 Å². The Hall–Kier alpha value is -0.960. The van der Waals surface area contributed by atoms with E-state index in [0.717, 1.165) is 10.8 Å². The van der Waals surface area contributed by atoms with Crippen LogP contribution in [0.2, 0.25) is 0 Å². The lowest BCUT2D eigenvalue weighted by atomic mass is 10.4. The van der Waals surface area contributed by atoms with Gasteiger partial charge in [-0.3, -0.25) is 0 Å². The summed E-state index contributed by atoms with van der Waals surface area (Å²) in [5, 5.41) is 0. The van der Waals surface area contributed by atoms with Gasteiger partial charge >= 0.3 is 0 Å². The molecule has 0 saturated carbocycles. The quantitative estimate of drug-likeness (QED) is 0.592. The van der Waals surface area contributed by atoms with E-state index in [0.29, 0.717) is 0 Å². The summed E-state index contributed by atoms with van der Waals surface area (Å²) < 4.78 is 0. The maximum Gasteiger partial charge on any atom is 0.133 e. The molecule has 1 rings (SSSR count). The summed E-state index contributed by atoms with van der Waals surface area (Å²) in [5.41, 5.74) is 0. The lowest BCUT2D eigenvalue weighted by molar-refractivity contribution is 1.17. The van der Waals surface area contributed by atoms with Crippen molar-refractivity contribution in [2.45, 2.75) is 6.92 Å². The second kappa shape index (κ2) is 3.44. The van der Waals surface area contributed by atoms with Crippen LogP contribution in [0, 0.1) is 0 Å². The summed E-state index contributed by atoms with van der Waals surface area (Å²) in [7, 11) is 1.91. The smallest absolute Gasteiger partial charge is 0.133 e. The third-order valence-electron chi connectivity index (χ3n) is 1.47. The first-order valence-electron chi connectivity index (χ1n) is 3.37. The Morgan fingerprint density at radius 1 is 1.55 bits per heavy atom. The van der Waals surface area contributed by atoms with Crippen molar-refractivity contribution in [3.63, 3.8) is 0 Å². The molecule has 58 valence electrons. The van der Waals surface area contributed by atoms with Gasteiger partial charge in [-0.25, -0.2) is 4.98 Å². The summed E-state index contributed by atoms with van der Waals surface area (Å²) in [6.45, 7) is 1.88. The molecule has 2 nitrogen and oxygen atoms in total. The zero-order chi connectivity index (χ0) is 8.27. The van der Waals surface area contributed by atoms with Gasteiger partial charge in [-0.1, -0.05) is 18.3 Å². The van der Waals surface area contributed by atoms with Gasteiger partial charge in [-0.2, -0.15) is 0 Å². The summed E-state index contributed by atoms with van der Waals surface area (Å²) in [6, 6.07) is 5.75. The molecule has 11 heavy (non-hydrogen) atoms. The predicted molar refractivity (Wildman–Crippen MR) is 50.9 cm³/mol. The molecule has 1 aromatic heterocycles. The second-order valence-corrected chi connectivity index (χ2v) is 2.86. The molecular formula is C8H10N2S. The fourth-order valence-electron chi connectivity index (χ4n) is 0.713. The Bertz CT molecular complexity index is 246. The number of hydrogen-bond donors (Lipinski definition) is 0. The number of thiocarbonyl (C=S) groups is 1. The van der Waals surface area contributed by atoms with E-state index in [-0.39, 0.29) is 0 Å². The minimum Gasteiger partial charge on any atom is -0.324 e. The van der Waals surface area contributed by atoms with Gasteiger partial charge in [0.1, 0.15) is 5.82 Å². The Labute approximate surface area is 71.9 Å². The number of pyridine rings is 1. The molecule has 0 atom stereocenters. The molecule has 0 bridgehead atoms. The fraction of sp³-hybridized carbons (Fsp3) is 0.250. The Kier molecular flexibility index (Phi) is 2.54. The molecule has 0 spiro atoms. The molecule has 0 N–H and O–H groups in total. The SMILES string of the molecule is CC(=S)N(C)c1ccccn1. The third-order valence-corrected chi connectivity index (χ3v) is 1.74. The van der Waals surface area contributed by atoms with Gasteiger partial charge in [0.25, 0.3) is 0 Å². The molecule has 0 aliphatic carbocycles. The van der Waals surface area contributed by atoms with E-state index in [1.165, 1.54) is 0 Å². The van der Waals surface area contributed by atoms with Crippen molar-refractivity contribution >= 4 is 23.0 Å². The first kappa shape index (κ1) is 8.14. The van der Waals surface area contributed by atoms with Crippen molar-refractivity contribution in [1.29, 1.82) is 0 Å². The van der Waals surface area contributed by atoms with Gasteiger partial charge in [0, 0.05) is 13.2 Å². The summed E-state index contributed by atoms with van der Waals surface area (Å²) >= 11 is 4.99. The zero-order valence-electron chi connectivity index (χ0n) is 6.61. The standard InChI is InChI=1S/C8H10N2S/c1-7(11)10(2)8-5-3-4-6-9-8/h3-6H,1-2H3.